The van der Waals surface area contributed by atoms with Crippen molar-refractivity contribution in [2.75, 3.05) is 5.32 Å². The molecular formula is C14H19N3. The van der Waals surface area contributed by atoms with E-state index < -0.39 is 0 Å². The van der Waals surface area contributed by atoms with Gasteiger partial charge in [-0.1, -0.05) is 32.0 Å². The van der Waals surface area contributed by atoms with Gasteiger partial charge in [0.05, 0.1) is 5.69 Å². The molecule has 0 radical (unpaired) electrons. The average molecular weight is 229 g/mol. The number of rotatable bonds is 4. The van der Waals surface area contributed by atoms with Crippen molar-refractivity contribution in [1.29, 1.82) is 0 Å². The third-order valence-corrected chi connectivity index (χ3v) is 2.74. The van der Waals surface area contributed by atoms with E-state index in [1.807, 2.05) is 29.9 Å². The van der Waals surface area contributed by atoms with E-state index in [0.29, 0.717) is 5.92 Å². The zero-order valence-electron chi connectivity index (χ0n) is 10.6. The molecular weight excluding hydrogens is 210 g/mol. The number of aryl methyl sites for hydroxylation is 1. The fourth-order valence-electron chi connectivity index (χ4n) is 1.93. The molecule has 0 saturated carbocycles. The molecule has 0 spiro atoms. The summed E-state index contributed by atoms with van der Waals surface area (Å²) in [6.45, 7) is 5.17. The van der Waals surface area contributed by atoms with Crippen LogP contribution in [0.1, 0.15) is 31.0 Å². The molecule has 1 heterocycles. The Morgan fingerprint density at radius 3 is 2.59 bits per heavy atom. The monoisotopic (exact) mass is 229 g/mol. The predicted molar refractivity (Wildman–Crippen MR) is 71.1 cm³/mol. The maximum Gasteiger partial charge on any atom is 0.0699 e. The molecule has 3 nitrogen and oxygen atoms in total. The molecule has 2 aromatic rings. The highest BCUT2D eigenvalue weighted by molar-refractivity contribution is 5.43. The minimum Gasteiger partial charge on any atom is -0.381 e. The van der Waals surface area contributed by atoms with Crippen LogP contribution in [0.25, 0.3) is 0 Å². The number of hydrogen-bond acceptors (Lipinski definition) is 2. The maximum atomic E-state index is 4.50. The van der Waals surface area contributed by atoms with E-state index in [0.717, 1.165) is 12.2 Å². The number of nitrogens with one attached hydrogen (secondary N) is 1. The number of hydrogen-bond donors (Lipinski definition) is 1. The summed E-state index contributed by atoms with van der Waals surface area (Å²) in [5.41, 5.74) is 3.59. The number of para-hydroxylation sites is 1. The molecule has 0 aliphatic rings. The quantitative estimate of drug-likeness (QED) is 0.872. The van der Waals surface area contributed by atoms with Crippen molar-refractivity contribution in [3.05, 3.63) is 47.8 Å². The van der Waals surface area contributed by atoms with Gasteiger partial charge < -0.3 is 5.32 Å². The standard InChI is InChI=1S/C14H19N3/c1-11(2)14-12(10-17(3)16-14)9-15-13-7-5-4-6-8-13/h4-8,10-11,15H,9H2,1-3H3. The van der Waals surface area contributed by atoms with Crippen LogP contribution in [0.3, 0.4) is 0 Å². The van der Waals surface area contributed by atoms with Crippen LogP contribution in [0.4, 0.5) is 5.69 Å². The first-order chi connectivity index (χ1) is 8.16. The first-order valence-electron chi connectivity index (χ1n) is 5.98. The van der Waals surface area contributed by atoms with Gasteiger partial charge in [0.25, 0.3) is 0 Å². The molecule has 0 fully saturated rings. The molecule has 0 aliphatic heterocycles. The van der Waals surface area contributed by atoms with Gasteiger partial charge >= 0.3 is 0 Å². The van der Waals surface area contributed by atoms with Gasteiger partial charge in [-0.2, -0.15) is 5.10 Å². The van der Waals surface area contributed by atoms with Gasteiger partial charge in [-0.15, -0.1) is 0 Å². The van der Waals surface area contributed by atoms with Crippen molar-refractivity contribution in [1.82, 2.24) is 9.78 Å². The minimum atomic E-state index is 0.462. The maximum absolute atomic E-state index is 4.50. The second-order valence-corrected chi connectivity index (χ2v) is 4.59. The molecule has 17 heavy (non-hydrogen) atoms. The zero-order chi connectivity index (χ0) is 12.3. The predicted octanol–water partition coefficient (Wildman–Crippen LogP) is 3.16. The Kier molecular flexibility index (Phi) is 3.47. The van der Waals surface area contributed by atoms with Gasteiger partial charge in [0, 0.05) is 31.0 Å². The lowest BCUT2D eigenvalue weighted by Crippen LogP contribution is -2.02. The molecule has 1 aromatic heterocycles. The molecule has 0 saturated heterocycles. The van der Waals surface area contributed by atoms with Gasteiger partial charge in [-0.25, -0.2) is 0 Å². The Morgan fingerprint density at radius 2 is 1.94 bits per heavy atom. The topological polar surface area (TPSA) is 29.9 Å². The molecule has 0 unspecified atom stereocenters. The largest absolute Gasteiger partial charge is 0.381 e. The van der Waals surface area contributed by atoms with Crippen molar-refractivity contribution >= 4 is 5.69 Å². The van der Waals surface area contributed by atoms with Gasteiger partial charge in [0.1, 0.15) is 0 Å². The van der Waals surface area contributed by atoms with Crippen molar-refractivity contribution < 1.29 is 0 Å². The number of aromatic nitrogens is 2. The Morgan fingerprint density at radius 1 is 1.24 bits per heavy atom. The molecule has 0 bridgehead atoms. The first kappa shape index (κ1) is 11.7. The second-order valence-electron chi connectivity index (χ2n) is 4.59. The third-order valence-electron chi connectivity index (χ3n) is 2.74. The highest BCUT2D eigenvalue weighted by Gasteiger charge is 2.10. The van der Waals surface area contributed by atoms with E-state index >= 15 is 0 Å². The van der Waals surface area contributed by atoms with Crippen LogP contribution in [0, 0.1) is 0 Å². The molecule has 0 aliphatic carbocycles. The van der Waals surface area contributed by atoms with Gasteiger partial charge in [-0.3, -0.25) is 4.68 Å². The van der Waals surface area contributed by atoms with E-state index in [-0.39, 0.29) is 0 Å². The molecule has 1 N–H and O–H groups in total. The second kappa shape index (κ2) is 5.04. The Balaban J connectivity index is 2.09. The summed E-state index contributed by atoms with van der Waals surface area (Å²) in [6.07, 6.45) is 2.09. The third kappa shape index (κ3) is 2.87. The van der Waals surface area contributed by atoms with E-state index in [2.05, 4.69) is 42.6 Å². The van der Waals surface area contributed by atoms with E-state index in [1.165, 1.54) is 11.3 Å². The number of nitrogens with zero attached hydrogens (tertiary/aromatic N) is 2. The van der Waals surface area contributed by atoms with Crippen molar-refractivity contribution in [2.24, 2.45) is 7.05 Å². The SMILES string of the molecule is CC(C)c1nn(C)cc1CNc1ccccc1. The lowest BCUT2D eigenvalue weighted by atomic mass is 10.1. The fraction of sp³-hybridized carbons (Fsp3) is 0.357. The van der Waals surface area contributed by atoms with E-state index in [9.17, 15) is 0 Å². The molecule has 0 atom stereocenters. The van der Waals surface area contributed by atoms with Crippen molar-refractivity contribution in [2.45, 2.75) is 26.3 Å². The van der Waals surface area contributed by atoms with Crippen LogP contribution in [0.5, 0.6) is 0 Å². The Hall–Kier alpha value is -1.77. The Bertz CT molecular complexity index is 471. The van der Waals surface area contributed by atoms with E-state index in [1.54, 1.807) is 0 Å². The van der Waals surface area contributed by atoms with Gasteiger partial charge in [0.15, 0.2) is 0 Å². The van der Waals surface area contributed by atoms with Gasteiger partial charge in [-0.05, 0) is 18.1 Å². The smallest absolute Gasteiger partial charge is 0.0699 e. The number of anilines is 1. The fourth-order valence-corrected chi connectivity index (χ4v) is 1.93. The summed E-state index contributed by atoms with van der Waals surface area (Å²) >= 11 is 0. The van der Waals surface area contributed by atoms with Crippen LogP contribution < -0.4 is 5.32 Å². The summed E-state index contributed by atoms with van der Waals surface area (Å²) in [5, 5.41) is 7.92. The van der Waals surface area contributed by atoms with Crippen molar-refractivity contribution in [3.8, 4) is 0 Å². The van der Waals surface area contributed by atoms with E-state index in [4.69, 9.17) is 0 Å². The highest BCUT2D eigenvalue weighted by Crippen LogP contribution is 2.18. The van der Waals surface area contributed by atoms with Crippen LogP contribution in [-0.2, 0) is 13.6 Å². The highest BCUT2D eigenvalue weighted by atomic mass is 15.3. The van der Waals surface area contributed by atoms with Gasteiger partial charge in [0.2, 0.25) is 0 Å². The molecule has 90 valence electrons. The minimum absolute atomic E-state index is 0.462. The summed E-state index contributed by atoms with van der Waals surface area (Å²) in [4.78, 5) is 0. The summed E-state index contributed by atoms with van der Waals surface area (Å²) in [6, 6.07) is 10.2. The van der Waals surface area contributed by atoms with Crippen LogP contribution >= 0.6 is 0 Å². The van der Waals surface area contributed by atoms with Crippen LogP contribution in [0.15, 0.2) is 36.5 Å². The molecule has 0 amide bonds. The van der Waals surface area contributed by atoms with Crippen LogP contribution in [-0.4, -0.2) is 9.78 Å². The number of benzene rings is 1. The normalized spacial score (nSPS) is 10.8. The molecule has 2 rings (SSSR count). The van der Waals surface area contributed by atoms with Crippen molar-refractivity contribution in [3.63, 3.8) is 0 Å². The summed E-state index contributed by atoms with van der Waals surface area (Å²) < 4.78 is 1.89. The first-order valence-corrected chi connectivity index (χ1v) is 5.98. The lowest BCUT2D eigenvalue weighted by Gasteiger charge is -2.07. The molecule has 1 aromatic carbocycles. The zero-order valence-corrected chi connectivity index (χ0v) is 10.6. The average Bonchev–Trinajstić information content (AvgIpc) is 2.69. The Labute approximate surface area is 102 Å². The van der Waals surface area contributed by atoms with Crippen LogP contribution in [0.2, 0.25) is 0 Å². The summed E-state index contributed by atoms with van der Waals surface area (Å²) in [5.74, 6) is 0.462. The summed E-state index contributed by atoms with van der Waals surface area (Å²) in [7, 11) is 1.97. The lowest BCUT2D eigenvalue weighted by molar-refractivity contribution is 0.712. The molecule has 3 heteroatoms.